The topological polar surface area (TPSA) is 4.93 Å². The number of para-hydroxylation sites is 1. The lowest BCUT2D eigenvalue weighted by Gasteiger charge is -2.41. The van der Waals surface area contributed by atoms with Crippen LogP contribution in [0.1, 0.15) is 54.6 Å². The van der Waals surface area contributed by atoms with Gasteiger partial charge >= 0.3 is 0 Å². The van der Waals surface area contributed by atoms with Crippen LogP contribution in [0.25, 0.3) is 16.6 Å². The van der Waals surface area contributed by atoms with Crippen molar-refractivity contribution in [3.63, 3.8) is 0 Å². The van der Waals surface area contributed by atoms with E-state index >= 15 is 0 Å². The van der Waals surface area contributed by atoms with Crippen molar-refractivity contribution in [1.29, 1.82) is 0 Å². The number of benzene rings is 4. The summed E-state index contributed by atoms with van der Waals surface area (Å²) in [6, 6.07) is 22.1. The van der Waals surface area contributed by atoms with Crippen LogP contribution in [0.4, 0.5) is 0 Å². The third-order valence-corrected chi connectivity index (χ3v) is 9.81. The second-order valence-corrected chi connectivity index (χ2v) is 12.0. The molecular weight excluding hydrogens is 453 g/mol. The maximum Gasteiger partial charge on any atom is 0.244 e. The zero-order chi connectivity index (χ0) is 27.5. The van der Waals surface area contributed by atoms with Gasteiger partial charge in [0.25, 0.3) is 0 Å². The standard InChI is InChI=1S/C33H28BNS/c1-33(2)24-12-5-6-14-26(24)34-27-19-18-21(20-31(27)36-30-17-9-13-25(33)32(30)34)35-28-15-7-3-10-22(28)23-11-4-8-16-29(23)35/h3,5-7,9-10,12-15,17-20H,4,8,11,16H2,1-2H3/i3D,7D,10D,15D. The summed E-state index contributed by atoms with van der Waals surface area (Å²) in [7, 11) is 0. The lowest BCUT2D eigenvalue weighted by molar-refractivity contribution is 0.644. The molecule has 0 fully saturated rings. The maximum absolute atomic E-state index is 8.88. The highest BCUT2D eigenvalue weighted by Crippen LogP contribution is 2.41. The molecule has 0 amide bonds. The van der Waals surface area contributed by atoms with Crippen LogP contribution in [-0.2, 0) is 18.3 Å². The average molecular weight is 485 g/mol. The number of fused-ring (bicyclic) bond motifs is 7. The molecule has 8 rings (SSSR count). The first kappa shape index (κ1) is 17.3. The van der Waals surface area contributed by atoms with Crippen molar-refractivity contribution in [1.82, 2.24) is 4.57 Å². The second-order valence-electron chi connectivity index (χ2n) is 10.9. The minimum atomic E-state index is -0.163. The van der Waals surface area contributed by atoms with Gasteiger partial charge in [-0.15, -0.1) is 0 Å². The molecule has 0 unspecified atom stereocenters. The van der Waals surface area contributed by atoms with Gasteiger partial charge in [-0.2, -0.15) is 0 Å². The van der Waals surface area contributed by atoms with E-state index in [-0.39, 0.29) is 36.3 Å². The van der Waals surface area contributed by atoms with E-state index in [1.807, 2.05) is 11.8 Å². The van der Waals surface area contributed by atoms with Crippen molar-refractivity contribution in [2.45, 2.75) is 54.7 Å². The molecule has 0 bridgehead atoms. The number of aromatic nitrogens is 1. The fraction of sp³-hybridized carbons (Fsp3) is 0.212. The Morgan fingerprint density at radius 3 is 2.64 bits per heavy atom. The van der Waals surface area contributed by atoms with E-state index in [1.165, 1.54) is 37.3 Å². The van der Waals surface area contributed by atoms with Gasteiger partial charge < -0.3 is 4.57 Å². The molecule has 0 N–H and O–H groups in total. The molecule has 174 valence electrons. The van der Waals surface area contributed by atoms with E-state index in [2.05, 4.69) is 79.1 Å². The molecule has 4 aromatic carbocycles. The predicted octanol–water partition coefficient (Wildman–Crippen LogP) is 6.13. The Morgan fingerprint density at radius 1 is 0.861 bits per heavy atom. The second kappa shape index (κ2) is 7.43. The van der Waals surface area contributed by atoms with Crippen molar-refractivity contribution in [3.8, 4) is 5.69 Å². The van der Waals surface area contributed by atoms with Crippen molar-refractivity contribution in [2.75, 3.05) is 0 Å². The number of nitrogens with zero attached hydrogens (tertiary/aromatic N) is 1. The Morgan fingerprint density at radius 2 is 1.69 bits per heavy atom. The maximum atomic E-state index is 8.88. The molecule has 0 atom stereocenters. The SMILES string of the molecule is [2H]c1c([2H])c([2H])c2c(c1[2H])c1c(n2-c2ccc3c(c2)Sc2cccc4c2B3c2ccccc2C4(C)C)CCCC1. The third-order valence-electron chi connectivity index (χ3n) is 8.66. The summed E-state index contributed by atoms with van der Waals surface area (Å²) in [6.45, 7) is 4.85. The number of hydrogen-bond donors (Lipinski definition) is 0. The van der Waals surface area contributed by atoms with Crippen LogP contribution in [-0.4, -0.2) is 11.3 Å². The van der Waals surface area contributed by atoms with Crippen LogP contribution in [0.5, 0.6) is 0 Å². The minimum absolute atomic E-state index is 0.0502. The first-order valence-corrected chi connectivity index (χ1v) is 13.8. The lowest BCUT2D eigenvalue weighted by atomic mass is 9.31. The van der Waals surface area contributed by atoms with E-state index in [0.717, 1.165) is 42.6 Å². The number of aryl methyl sites for hydroxylation is 1. The molecule has 5 aromatic rings. The highest BCUT2D eigenvalue weighted by Gasteiger charge is 2.43. The zero-order valence-corrected chi connectivity index (χ0v) is 21.4. The van der Waals surface area contributed by atoms with Gasteiger partial charge in [-0.05, 0) is 66.6 Å². The summed E-state index contributed by atoms with van der Waals surface area (Å²) in [4.78, 5) is 2.52. The number of hydrogen-bond acceptors (Lipinski definition) is 1. The molecule has 2 aliphatic heterocycles. The van der Waals surface area contributed by atoms with Crippen LogP contribution >= 0.6 is 11.8 Å². The van der Waals surface area contributed by atoms with Gasteiger partial charge in [-0.1, -0.05) is 103 Å². The Labute approximate surface area is 223 Å². The lowest BCUT2D eigenvalue weighted by Crippen LogP contribution is -2.62. The summed E-state index contributed by atoms with van der Waals surface area (Å²) in [5.74, 6) is 0. The smallest absolute Gasteiger partial charge is 0.244 e. The van der Waals surface area contributed by atoms with Gasteiger partial charge in [0.15, 0.2) is 0 Å². The first-order valence-electron chi connectivity index (χ1n) is 15.0. The van der Waals surface area contributed by atoms with Crippen LogP contribution < -0.4 is 16.4 Å². The molecular formula is C33H28BNS. The fourth-order valence-electron chi connectivity index (χ4n) is 7.04. The van der Waals surface area contributed by atoms with Crippen molar-refractivity contribution in [2.24, 2.45) is 0 Å². The largest absolute Gasteiger partial charge is 0.313 e. The van der Waals surface area contributed by atoms with Crippen LogP contribution in [0, 0.1) is 0 Å². The van der Waals surface area contributed by atoms with Crippen molar-refractivity contribution < 1.29 is 5.48 Å². The van der Waals surface area contributed by atoms with Gasteiger partial charge in [0.2, 0.25) is 6.71 Å². The summed E-state index contributed by atoms with van der Waals surface area (Å²) < 4.78 is 36.5. The van der Waals surface area contributed by atoms with Gasteiger partial charge in [0.05, 0.1) is 11.0 Å². The summed E-state index contributed by atoms with van der Waals surface area (Å²) >= 11 is 1.83. The van der Waals surface area contributed by atoms with Crippen LogP contribution in [0.2, 0.25) is 0 Å². The molecule has 36 heavy (non-hydrogen) atoms. The quantitative estimate of drug-likeness (QED) is 0.254. The molecule has 0 spiro atoms. The summed E-state index contributed by atoms with van der Waals surface area (Å²) in [5, 5.41) is 0.699. The molecule has 0 radical (unpaired) electrons. The normalized spacial score (nSPS) is 18.3. The minimum Gasteiger partial charge on any atom is -0.313 e. The summed E-state index contributed by atoms with van der Waals surface area (Å²) in [6.07, 6.45) is 3.85. The monoisotopic (exact) mass is 485 g/mol. The molecule has 1 aromatic heterocycles. The summed E-state index contributed by atoms with van der Waals surface area (Å²) in [5.41, 5.74) is 10.7. The Hall–Kier alpha value is -3.17. The molecule has 0 saturated heterocycles. The zero-order valence-electron chi connectivity index (χ0n) is 24.5. The Bertz CT molecular complexity index is 1920. The van der Waals surface area contributed by atoms with Crippen molar-refractivity contribution >= 4 is 45.8 Å². The predicted molar refractivity (Wildman–Crippen MR) is 154 cm³/mol. The van der Waals surface area contributed by atoms with Gasteiger partial charge in [-0.25, -0.2) is 0 Å². The van der Waals surface area contributed by atoms with E-state index in [0.29, 0.717) is 10.9 Å². The van der Waals surface area contributed by atoms with Gasteiger partial charge in [0, 0.05) is 32.0 Å². The van der Waals surface area contributed by atoms with Crippen LogP contribution in [0.3, 0.4) is 0 Å². The van der Waals surface area contributed by atoms with Crippen LogP contribution in [0.15, 0.2) is 94.6 Å². The van der Waals surface area contributed by atoms with Crippen molar-refractivity contribution in [3.05, 3.63) is 107 Å². The third kappa shape index (κ3) is 2.70. The van der Waals surface area contributed by atoms with Gasteiger partial charge in [0.1, 0.15) is 0 Å². The van der Waals surface area contributed by atoms with E-state index in [9.17, 15) is 0 Å². The average Bonchev–Trinajstić information content (AvgIpc) is 3.32. The molecule has 3 aliphatic rings. The Balaban J connectivity index is 1.39. The highest BCUT2D eigenvalue weighted by molar-refractivity contribution is 8.00. The molecule has 1 aliphatic carbocycles. The molecule has 0 saturated carbocycles. The highest BCUT2D eigenvalue weighted by atomic mass is 32.2. The van der Waals surface area contributed by atoms with E-state index in [1.54, 1.807) is 0 Å². The molecule has 3 heterocycles. The van der Waals surface area contributed by atoms with E-state index < -0.39 is 0 Å². The number of rotatable bonds is 1. The molecule has 1 nitrogen and oxygen atoms in total. The molecule has 3 heteroatoms. The first-order chi connectivity index (χ1) is 19.3. The van der Waals surface area contributed by atoms with Gasteiger partial charge in [-0.3, -0.25) is 0 Å². The fourth-order valence-corrected chi connectivity index (χ4v) is 8.25. The Kier molecular flexibility index (Phi) is 3.57. The van der Waals surface area contributed by atoms with E-state index in [4.69, 9.17) is 5.48 Å².